The van der Waals surface area contributed by atoms with Crippen LogP contribution in [0.3, 0.4) is 0 Å². The highest BCUT2D eigenvalue weighted by Gasteiger charge is 2.09. The lowest BCUT2D eigenvalue weighted by Gasteiger charge is -2.09. The van der Waals surface area contributed by atoms with E-state index < -0.39 is 0 Å². The number of aromatic nitrogens is 3. The summed E-state index contributed by atoms with van der Waals surface area (Å²) in [5, 5.41) is 8.41. The highest BCUT2D eigenvalue weighted by atomic mass is 35.5. The van der Waals surface area contributed by atoms with Crippen LogP contribution in [0.1, 0.15) is 0 Å². The number of halogens is 2. The molecule has 3 N–H and O–H groups in total. The van der Waals surface area contributed by atoms with E-state index in [2.05, 4.69) is 15.4 Å². The molecule has 1 aromatic carbocycles. The molecule has 2 aromatic heterocycles. The maximum atomic E-state index is 5.99. The summed E-state index contributed by atoms with van der Waals surface area (Å²) < 4.78 is 1.58. The zero-order valence-electron chi connectivity index (χ0n) is 9.64. The molecule has 3 aromatic rings. The number of rotatable bonds is 2. The molecule has 0 saturated heterocycles. The first-order valence-corrected chi connectivity index (χ1v) is 6.21. The Balaban J connectivity index is 2.10. The summed E-state index contributed by atoms with van der Waals surface area (Å²) in [6, 6.07) is 9.02. The number of benzene rings is 1. The smallest absolute Gasteiger partial charge is 0.178 e. The van der Waals surface area contributed by atoms with E-state index in [1.807, 2.05) is 12.1 Å². The van der Waals surface area contributed by atoms with E-state index in [-0.39, 0.29) is 0 Å². The molecule has 0 fully saturated rings. The molecule has 7 heteroatoms. The van der Waals surface area contributed by atoms with Crippen molar-refractivity contribution in [2.75, 3.05) is 11.1 Å². The van der Waals surface area contributed by atoms with Crippen molar-refractivity contribution in [1.82, 2.24) is 14.6 Å². The third-order valence-electron chi connectivity index (χ3n) is 2.55. The second kappa shape index (κ2) is 4.60. The molecule has 0 amide bonds. The van der Waals surface area contributed by atoms with Gasteiger partial charge in [-0.25, -0.2) is 4.98 Å². The Kier molecular flexibility index (Phi) is 2.93. The lowest BCUT2D eigenvalue weighted by atomic mass is 10.3. The zero-order chi connectivity index (χ0) is 13.4. The topological polar surface area (TPSA) is 68.2 Å². The van der Waals surface area contributed by atoms with E-state index in [4.69, 9.17) is 28.9 Å². The molecule has 19 heavy (non-hydrogen) atoms. The Morgan fingerprint density at radius 3 is 2.84 bits per heavy atom. The summed E-state index contributed by atoms with van der Waals surface area (Å²) >= 11 is 11.9. The van der Waals surface area contributed by atoms with Gasteiger partial charge in [-0.3, -0.25) is 0 Å². The van der Waals surface area contributed by atoms with Gasteiger partial charge in [0, 0.05) is 16.8 Å². The SMILES string of the molecule is Nc1cc(Nc2cccc(Cl)c2)n2ncc(Cl)c2n1. The van der Waals surface area contributed by atoms with Crippen molar-refractivity contribution >= 4 is 46.2 Å². The Morgan fingerprint density at radius 1 is 1.21 bits per heavy atom. The van der Waals surface area contributed by atoms with E-state index in [9.17, 15) is 0 Å². The van der Waals surface area contributed by atoms with Crippen LogP contribution in [0.15, 0.2) is 36.5 Å². The second-order valence-corrected chi connectivity index (χ2v) is 4.77. The predicted octanol–water partition coefficient (Wildman–Crippen LogP) is 3.36. The first-order valence-electron chi connectivity index (χ1n) is 5.46. The average molecular weight is 294 g/mol. The highest BCUT2D eigenvalue weighted by Crippen LogP contribution is 2.24. The molecule has 0 radical (unpaired) electrons. The minimum Gasteiger partial charge on any atom is -0.384 e. The van der Waals surface area contributed by atoms with Crippen LogP contribution in [0.4, 0.5) is 17.3 Å². The minimum atomic E-state index is 0.361. The number of hydrogen-bond acceptors (Lipinski definition) is 4. The van der Waals surface area contributed by atoms with Gasteiger partial charge in [0.25, 0.3) is 0 Å². The summed E-state index contributed by atoms with van der Waals surface area (Å²) in [5.74, 6) is 1.02. The molecule has 0 atom stereocenters. The van der Waals surface area contributed by atoms with Crippen LogP contribution in [0.5, 0.6) is 0 Å². The molecular formula is C12H9Cl2N5. The zero-order valence-corrected chi connectivity index (χ0v) is 11.2. The first-order chi connectivity index (χ1) is 9.13. The van der Waals surface area contributed by atoms with Gasteiger partial charge < -0.3 is 11.1 Å². The van der Waals surface area contributed by atoms with Crippen molar-refractivity contribution in [2.24, 2.45) is 0 Å². The van der Waals surface area contributed by atoms with Crippen molar-refractivity contribution < 1.29 is 0 Å². The van der Waals surface area contributed by atoms with Crippen molar-refractivity contribution in [1.29, 1.82) is 0 Å². The van der Waals surface area contributed by atoms with Gasteiger partial charge in [0.05, 0.1) is 6.20 Å². The molecule has 0 aliphatic heterocycles. The van der Waals surface area contributed by atoms with E-state index in [0.717, 1.165) is 5.69 Å². The third-order valence-corrected chi connectivity index (χ3v) is 3.05. The van der Waals surface area contributed by atoms with Gasteiger partial charge in [-0.2, -0.15) is 9.61 Å². The fourth-order valence-corrected chi connectivity index (χ4v) is 2.11. The maximum Gasteiger partial charge on any atom is 0.178 e. The molecular weight excluding hydrogens is 285 g/mol. The van der Waals surface area contributed by atoms with Gasteiger partial charge in [-0.15, -0.1) is 0 Å². The van der Waals surface area contributed by atoms with Gasteiger partial charge in [0.2, 0.25) is 0 Å². The van der Waals surface area contributed by atoms with Crippen LogP contribution in [-0.4, -0.2) is 14.6 Å². The Morgan fingerprint density at radius 2 is 2.05 bits per heavy atom. The van der Waals surface area contributed by atoms with Crippen LogP contribution in [0.2, 0.25) is 10.0 Å². The summed E-state index contributed by atoms with van der Waals surface area (Å²) in [6.45, 7) is 0. The number of nitrogens with two attached hydrogens (primary N) is 1. The van der Waals surface area contributed by atoms with Crippen molar-refractivity contribution in [3.8, 4) is 0 Å². The van der Waals surface area contributed by atoms with E-state index in [0.29, 0.717) is 27.3 Å². The predicted molar refractivity (Wildman–Crippen MR) is 77.1 cm³/mol. The molecule has 0 spiro atoms. The molecule has 0 aliphatic carbocycles. The molecule has 3 rings (SSSR count). The van der Waals surface area contributed by atoms with Crippen molar-refractivity contribution in [3.05, 3.63) is 46.6 Å². The fourth-order valence-electron chi connectivity index (χ4n) is 1.76. The summed E-state index contributed by atoms with van der Waals surface area (Å²) in [4.78, 5) is 4.14. The third kappa shape index (κ3) is 2.30. The average Bonchev–Trinajstić information content (AvgIpc) is 2.71. The standard InChI is InChI=1S/C12H9Cl2N5/c13-7-2-1-3-8(4-7)17-11-5-10(15)18-12-9(14)6-16-19(11)12/h1-6,17H,(H2,15,18). The van der Waals surface area contributed by atoms with Crippen molar-refractivity contribution in [3.63, 3.8) is 0 Å². The molecule has 0 saturated carbocycles. The number of hydrogen-bond donors (Lipinski definition) is 2. The van der Waals surface area contributed by atoms with E-state index in [1.54, 1.807) is 22.7 Å². The molecule has 5 nitrogen and oxygen atoms in total. The largest absolute Gasteiger partial charge is 0.384 e. The minimum absolute atomic E-state index is 0.361. The highest BCUT2D eigenvalue weighted by molar-refractivity contribution is 6.33. The van der Waals surface area contributed by atoms with E-state index >= 15 is 0 Å². The summed E-state index contributed by atoms with van der Waals surface area (Å²) in [6.07, 6.45) is 1.52. The quantitative estimate of drug-likeness (QED) is 0.760. The summed E-state index contributed by atoms with van der Waals surface area (Å²) in [7, 11) is 0. The van der Waals surface area contributed by atoms with Gasteiger partial charge in [-0.05, 0) is 18.2 Å². The van der Waals surface area contributed by atoms with Gasteiger partial charge in [-0.1, -0.05) is 29.3 Å². The Labute approximate surface area is 119 Å². The van der Waals surface area contributed by atoms with E-state index in [1.165, 1.54) is 6.20 Å². The fraction of sp³-hybridized carbons (Fsp3) is 0. The van der Waals surface area contributed by atoms with Crippen LogP contribution < -0.4 is 11.1 Å². The molecule has 2 heterocycles. The number of fused-ring (bicyclic) bond motifs is 1. The second-order valence-electron chi connectivity index (χ2n) is 3.93. The summed E-state index contributed by atoms with van der Waals surface area (Å²) in [5.41, 5.74) is 7.09. The molecule has 0 aliphatic rings. The van der Waals surface area contributed by atoms with Crippen LogP contribution >= 0.6 is 23.2 Å². The number of nitrogen functional groups attached to an aromatic ring is 1. The Bertz CT molecular complexity index is 753. The normalized spacial score (nSPS) is 10.8. The lowest BCUT2D eigenvalue weighted by Crippen LogP contribution is -2.03. The van der Waals surface area contributed by atoms with Crippen molar-refractivity contribution in [2.45, 2.75) is 0 Å². The number of nitrogens with zero attached hydrogens (tertiary/aromatic N) is 3. The monoisotopic (exact) mass is 293 g/mol. The van der Waals surface area contributed by atoms with Gasteiger partial charge in [0.15, 0.2) is 5.65 Å². The van der Waals surface area contributed by atoms with Gasteiger partial charge >= 0.3 is 0 Å². The lowest BCUT2D eigenvalue weighted by molar-refractivity contribution is 0.949. The maximum absolute atomic E-state index is 5.99. The number of anilines is 3. The Hall–Kier alpha value is -1.98. The molecule has 0 bridgehead atoms. The molecule has 96 valence electrons. The number of nitrogens with one attached hydrogen (secondary N) is 1. The van der Waals surface area contributed by atoms with Gasteiger partial charge in [0.1, 0.15) is 16.7 Å². The molecule has 0 unspecified atom stereocenters. The van der Waals surface area contributed by atoms with Crippen LogP contribution in [0.25, 0.3) is 5.65 Å². The van der Waals surface area contributed by atoms with Crippen LogP contribution in [0, 0.1) is 0 Å². The van der Waals surface area contributed by atoms with Crippen LogP contribution in [-0.2, 0) is 0 Å². The first kappa shape index (κ1) is 12.1.